The molecule has 0 spiro atoms. The number of benzene rings is 1. The molecule has 1 aromatic carbocycles. The number of nitrogens with zero attached hydrogens (tertiary/aromatic N) is 1. The van der Waals surface area contributed by atoms with Crippen molar-refractivity contribution in [2.24, 2.45) is 0 Å². The molecule has 120 valence electrons. The lowest BCUT2D eigenvalue weighted by molar-refractivity contribution is -0.148. The predicted octanol–water partition coefficient (Wildman–Crippen LogP) is 2.44. The van der Waals surface area contributed by atoms with Crippen LogP contribution in [0.15, 0.2) is 24.3 Å². The highest BCUT2D eigenvalue weighted by Crippen LogP contribution is 2.31. The molecule has 1 unspecified atom stereocenters. The van der Waals surface area contributed by atoms with E-state index in [-0.39, 0.29) is 17.9 Å². The summed E-state index contributed by atoms with van der Waals surface area (Å²) in [5, 5.41) is 9.13. The Morgan fingerprint density at radius 2 is 2.00 bits per heavy atom. The number of carbonyl (C=O) groups is 2. The van der Waals surface area contributed by atoms with Gasteiger partial charge in [0, 0.05) is 6.54 Å². The molecule has 1 heterocycles. The minimum atomic E-state index is -0.944. The third kappa shape index (κ3) is 3.59. The maximum absolute atomic E-state index is 12.2. The Labute approximate surface area is 130 Å². The van der Waals surface area contributed by atoms with Crippen LogP contribution < -0.4 is 4.74 Å². The van der Waals surface area contributed by atoms with Crippen LogP contribution in [-0.4, -0.2) is 41.1 Å². The van der Waals surface area contributed by atoms with Crippen molar-refractivity contribution in [3.8, 4) is 5.75 Å². The van der Waals surface area contributed by atoms with E-state index in [0.29, 0.717) is 18.7 Å². The smallest absolute Gasteiger partial charge is 0.326 e. The summed E-state index contributed by atoms with van der Waals surface area (Å²) in [6.07, 6.45) is 1.24. The Morgan fingerprint density at radius 1 is 1.32 bits per heavy atom. The molecule has 0 aromatic heterocycles. The largest absolute Gasteiger partial charge is 0.483 e. The zero-order chi connectivity index (χ0) is 16.3. The van der Waals surface area contributed by atoms with Crippen LogP contribution in [0, 0.1) is 0 Å². The molecule has 1 N–H and O–H groups in total. The van der Waals surface area contributed by atoms with Gasteiger partial charge in [0.05, 0.1) is 0 Å². The van der Waals surface area contributed by atoms with Gasteiger partial charge in [-0.25, -0.2) is 4.79 Å². The number of hydrogen-bond donors (Lipinski definition) is 1. The second-order valence-electron chi connectivity index (χ2n) is 6.62. The molecule has 5 nitrogen and oxygen atoms in total. The zero-order valence-corrected chi connectivity index (χ0v) is 13.3. The van der Waals surface area contributed by atoms with Gasteiger partial charge in [-0.05, 0) is 29.9 Å². The number of aliphatic carboxylic acids is 1. The Kier molecular flexibility index (Phi) is 4.74. The van der Waals surface area contributed by atoms with Crippen LogP contribution in [0.2, 0.25) is 0 Å². The van der Waals surface area contributed by atoms with Crippen molar-refractivity contribution in [3.63, 3.8) is 0 Å². The SMILES string of the molecule is CC(C)(C)c1ccccc1OCC(=O)N1CCCC1C(=O)O. The number of carbonyl (C=O) groups excluding carboxylic acids is 1. The van der Waals surface area contributed by atoms with E-state index in [4.69, 9.17) is 9.84 Å². The van der Waals surface area contributed by atoms with Crippen molar-refractivity contribution in [1.29, 1.82) is 0 Å². The van der Waals surface area contributed by atoms with Crippen molar-refractivity contribution >= 4 is 11.9 Å². The number of rotatable bonds is 4. The monoisotopic (exact) mass is 305 g/mol. The van der Waals surface area contributed by atoms with Crippen molar-refractivity contribution in [2.45, 2.75) is 45.1 Å². The molecule has 5 heteroatoms. The first-order chi connectivity index (χ1) is 10.3. The van der Waals surface area contributed by atoms with Gasteiger partial charge < -0.3 is 14.7 Å². The summed E-state index contributed by atoms with van der Waals surface area (Å²) in [5.41, 5.74) is 0.940. The molecular formula is C17H23NO4. The summed E-state index contributed by atoms with van der Waals surface area (Å²) >= 11 is 0. The predicted molar refractivity (Wildman–Crippen MR) is 83.0 cm³/mol. The maximum Gasteiger partial charge on any atom is 0.326 e. The number of amides is 1. The third-order valence-corrected chi connectivity index (χ3v) is 3.90. The molecule has 2 rings (SSSR count). The van der Waals surface area contributed by atoms with Gasteiger partial charge in [-0.15, -0.1) is 0 Å². The van der Waals surface area contributed by atoms with Gasteiger partial charge in [0.15, 0.2) is 6.61 Å². The van der Waals surface area contributed by atoms with Crippen molar-refractivity contribution in [2.75, 3.05) is 13.2 Å². The lowest BCUT2D eigenvalue weighted by Gasteiger charge is -2.24. The van der Waals surface area contributed by atoms with Gasteiger partial charge in [-0.1, -0.05) is 39.0 Å². The Hall–Kier alpha value is -2.04. The molecule has 1 aliphatic heterocycles. The van der Waals surface area contributed by atoms with Crippen LogP contribution >= 0.6 is 0 Å². The van der Waals surface area contributed by atoms with Crippen LogP contribution in [0.1, 0.15) is 39.2 Å². The summed E-state index contributed by atoms with van der Waals surface area (Å²) in [5.74, 6) is -0.538. The molecule has 1 amide bonds. The van der Waals surface area contributed by atoms with Crippen LogP contribution in [0.4, 0.5) is 0 Å². The first-order valence-electron chi connectivity index (χ1n) is 7.55. The number of carboxylic acids is 1. The molecule has 0 saturated carbocycles. The summed E-state index contributed by atoms with van der Waals surface area (Å²) < 4.78 is 5.68. The lowest BCUT2D eigenvalue weighted by Crippen LogP contribution is -2.42. The molecule has 1 saturated heterocycles. The maximum atomic E-state index is 12.2. The average Bonchev–Trinajstić information content (AvgIpc) is 2.93. The fourth-order valence-electron chi connectivity index (χ4n) is 2.76. The van der Waals surface area contributed by atoms with Gasteiger partial charge in [-0.2, -0.15) is 0 Å². The van der Waals surface area contributed by atoms with Crippen molar-refractivity contribution in [3.05, 3.63) is 29.8 Å². The zero-order valence-electron chi connectivity index (χ0n) is 13.3. The minimum Gasteiger partial charge on any atom is -0.483 e. The van der Waals surface area contributed by atoms with Gasteiger partial charge in [0.2, 0.25) is 0 Å². The van der Waals surface area contributed by atoms with Crippen molar-refractivity contribution < 1.29 is 19.4 Å². The molecule has 0 aliphatic carbocycles. The van der Waals surface area contributed by atoms with Gasteiger partial charge in [0.25, 0.3) is 5.91 Å². The van der Waals surface area contributed by atoms with Gasteiger partial charge >= 0.3 is 5.97 Å². The lowest BCUT2D eigenvalue weighted by atomic mass is 9.86. The number of hydrogen-bond acceptors (Lipinski definition) is 3. The van der Waals surface area contributed by atoms with Crippen LogP contribution in [0.25, 0.3) is 0 Å². The summed E-state index contributed by atoms with van der Waals surface area (Å²) in [4.78, 5) is 24.8. The molecule has 22 heavy (non-hydrogen) atoms. The summed E-state index contributed by atoms with van der Waals surface area (Å²) in [7, 11) is 0. The minimum absolute atomic E-state index is 0.0864. The second kappa shape index (κ2) is 6.38. The first kappa shape index (κ1) is 16.3. The van der Waals surface area contributed by atoms with Gasteiger partial charge in [0.1, 0.15) is 11.8 Å². The van der Waals surface area contributed by atoms with E-state index in [1.54, 1.807) is 0 Å². The normalized spacial score (nSPS) is 18.3. The van der Waals surface area contributed by atoms with Gasteiger partial charge in [-0.3, -0.25) is 4.79 Å². The van der Waals surface area contributed by atoms with E-state index in [9.17, 15) is 9.59 Å². The molecular weight excluding hydrogens is 282 g/mol. The standard InChI is InChI=1S/C17H23NO4/c1-17(2,3)12-7-4-5-9-14(12)22-11-15(19)18-10-6-8-13(18)16(20)21/h4-5,7,9,13H,6,8,10-11H2,1-3H3,(H,20,21). The molecule has 1 aliphatic rings. The molecule has 1 atom stereocenters. The van der Waals surface area contributed by atoms with Crippen molar-refractivity contribution in [1.82, 2.24) is 4.90 Å². The van der Waals surface area contributed by atoms with E-state index in [1.807, 2.05) is 24.3 Å². The number of ether oxygens (including phenoxy) is 1. The van der Waals surface area contributed by atoms with E-state index < -0.39 is 12.0 Å². The summed E-state index contributed by atoms with van der Waals surface area (Å²) in [6.45, 7) is 6.60. The Bertz CT molecular complexity index is 562. The van der Waals surface area contributed by atoms with E-state index in [1.165, 1.54) is 4.90 Å². The second-order valence-corrected chi connectivity index (χ2v) is 6.62. The Balaban J connectivity index is 2.05. The van der Waals surface area contributed by atoms with E-state index in [0.717, 1.165) is 12.0 Å². The Morgan fingerprint density at radius 3 is 2.64 bits per heavy atom. The van der Waals surface area contributed by atoms with Crippen LogP contribution in [-0.2, 0) is 15.0 Å². The fraction of sp³-hybridized carbons (Fsp3) is 0.529. The number of para-hydroxylation sites is 1. The highest BCUT2D eigenvalue weighted by Gasteiger charge is 2.34. The first-order valence-corrected chi connectivity index (χ1v) is 7.55. The quantitative estimate of drug-likeness (QED) is 0.928. The summed E-state index contributed by atoms with van der Waals surface area (Å²) in [6, 6.07) is 6.91. The highest BCUT2D eigenvalue weighted by molar-refractivity contribution is 5.85. The van der Waals surface area contributed by atoms with E-state index >= 15 is 0 Å². The number of carboxylic acid groups (broad SMARTS) is 1. The van der Waals surface area contributed by atoms with E-state index in [2.05, 4.69) is 20.8 Å². The fourth-order valence-corrected chi connectivity index (χ4v) is 2.76. The molecule has 1 aromatic rings. The molecule has 0 bridgehead atoms. The third-order valence-electron chi connectivity index (χ3n) is 3.90. The highest BCUT2D eigenvalue weighted by atomic mass is 16.5. The topological polar surface area (TPSA) is 66.8 Å². The van der Waals surface area contributed by atoms with Crippen LogP contribution in [0.5, 0.6) is 5.75 Å². The molecule has 0 radical (unpaired) electrons. The number of likely N-dealkylation sites (tertiary alicyclic amines) is 1. The average molecular weight is 305 g/mol. The molecule has 1 fully saturated rings. The van der Waals surface area contributed by atoms with Crippen LogP contribution in [0.3, 0.4) is 0 Å².